The van der Waals surface area contributed by atoms with Gasteiger partial charge in [-0.3, -0.25) is 18.8 Å². The summed E-state index contributed by atoms with van der Waals surface area (Å²) >= 11 is 2.78. The van der Waals surface area contributed by atoms with E-state index in [1.54, 1.807) is 10.8 Å². The minimum Gasteiger partial charge on any atom is -0.337 e. The van der Waals surface area contributed by atoms with E-state index < -0.39 is 24.0 Å². The number of aromatic nitrogens is 4. The van der Waals surface area contributed by atoms with Crippen LogP contribution in [0.15, 0.2) is 59.6 Å². The second-order valence-electron chi connectivity index (χ2n) is 10.7. The number of nitrogens with one attached hydrogen (secondary N) is 1. The Labute approximate surface area is 261 Å². The highest BCUT2D eigenvalue weighted by Gasteiger charge is 2.40. The molecule has 9 nitrogen and oxygen atoms in total. The van der Waals surface area contributed by atoms with Gasteiger partial charge in [0.15, 0.2) is 15.9 Å². The maximum absolute atomic E-state index is 14.7. The van der Waals surface area contributed by atoms with E-state index in [9.17, 15) is 18.8 Å². The molecule has 226 valence electrons. The van der Waals surface area contributed by atoms with Gasteiger partial charge in [0, 0.05) is 46.0 Å². The van der Waals surface area contributed by atoms with E-state index in [1.807, 2.05) is 78.6 Å². The Balaban J connectivity index is 1.22. The van der Waals surface area contributed by atoms with Crippen LogP contribution in [0.5, 0.6) is 0 Å². The molecule has 1 aliphatic heterocycles. The average molecular weight is 631 g/mol. The number of thiazole rings is 2. The summed E-state index contributed by atoms with van der Waals surface area (Å²) in [5.74, 6) is -1.01. The fraction of sp³-hybridized carbons (Fsp3) is 0.281. The van der Waals surface area contributed by atoms with Gasteiger partial charge in [0.1, 0.15) is 24.5 Å². The first-order valence-electron chi connectivity index (χ1n) is 14.2. The highest BCUT2D eigenvalue weighted by molar-refractivity contribution is 7.15. The lowest BCUT2D eigenvalue weighted by atomic mass is 10.0. The van der Waals surface area contributed by atoms with Gasteiger partial charge in [0.25, 0.3) is 0 Å². The van der Waals surface area contributed by atoms with Gasteiger partial charge >= 0.3 is 0 Å². The topological polar surface area (TPSA) is 102 Å². The minimum absolute atomic E-state index is 0.0986. The van der Waals surface area contributed by atoms with Crippen LogP contribution >= 0.6 is 22.7 Å². The van der Waals surface area contributed by atoms with Crippen LogP contribution in [0, 0.1) is 6.92 Å². The number of halogens is 1. The van der Waals surface area contributed by atoms with Crippen LogP contribution < -0.4 is 5.32 Å². The molecule has 0 saturated carbocycles. The zero-order chi connectivity index (χ0) is 31.1. The molecule has 44 heavy (non-hydrogen) atoms. The predicted molar refractivity (Wildman–Crippen MR) is 173 cm³/mol. The van der Waals surface area contributed by atoms with Crippen LogP contribution in [0.3, 0.4) is 0 Å². The summed E-state index contributed by atoms with van der Waals surface area (Å²) in [5, 5.41) is 7.68. The Hall–Kier alpha value is -4.42. The molecule has 0 radical (unpaired) electrons. The van der Waals surface area contributed by atoms with Gasteiger partial charge in [-0.1, -0.05) is 24.3 Å². The van der Waals surface area contributed by atoms with E-state index in [0.29, 0.717) is 21.9 Å². The number of fused-ring (bicyclic) bond motifs is 2. The molecule has 0 bridgehead atoms. The van der Waals surface area contributed by atoms with Crippen LogP contribution in [0.4, 0.5) is 9.52 Å². The number of nitrogens with zero attached hydrogens (tertiary/aromatic N) is 5. The van der Waals surface area contributed by atoms with Gasteiger partial charge in [0.2, 0.25) is 11.8 Å². The van der Waals surface area contributed by atoms with Crippen molar-refractivity contribution in [3.8, 4) is 11.4 Å². The number of hydrogen-bond acceptors (Lipinski definition) is 7. The number of ketones is 1. The fourth-order valence-electron chi connectivity index (χ4n) is 5.80. The maximum atomic E-state index is 14.7. The van der Waals surface area contributed by atoms with Crippen LogP contribution in [0.25, 0.3) is 32.8 Å². The molecule has 12 heteroatoms. The standard InChI is InChI=1S/C32H31FN6O3S2/c1-5-7-20(6-2)21-8-9-26-23(12-21)24(19(4)40)15-37(26)16-28(41)39-14-22(33)13-27(39)30(42)36-31-35-25(17-44-31)29-18(3)34-32-38(29)10-11-43-32/h5-12,15,17,22,27H,13-14,16H2,1-4H3,(H,35,36,42)/t22-,27+/m1/s1. The van der Waals surface area contributed by atoms with Crippen molar-refractivity contribution in [2.75, 3.05) is 11.9 Å². The van der Waals surface area contributed by atoms with E-state index >= 15 is 0 Å². The average Bonchev–Trinajstić information content (AvgIpc) is 3.81. The number of imidazole rings is 1. The normalized spacial score (nSPS) is 17.4. The Bertz CT molecular complexity index is 1980. The molecule has 0 aliphatic carbocycles. The zero-order valence-electron chi connectivity index (χ0n) is 24.7. The lowest BCUT2D eigenvalue weighted by Crippen LogP contribution is -2.44. The SMILES string of the molecule is CC=CC(=CC)c1ccc2c(c1)c(C(C)=O)cn2CC(=O)N1C[C@H](F)C[C@H]1C(=O)Nc1nc(-c2c(C)nc3sccn23)cs1. The first-order valence-corrected chi connectivity index (χ1v) is 16.0. The number of carbonyl (C=O) groups excluding carboxylic acids is 3. The predicted octanol–water partition coefficient (Wildman–Crippen LogP) is 6.54. The molecule has 1 fully saturated rings. The molecule has 0 spiro atoms. The highest BCUT2D eigenvalue weighted by Crippen LogP contribution is 2.31. The Kier molecular flexibility index (Phi) is 8.04. The molecule has 1 saturated heterocycles. The number of benzene rings is 1. The fourth-order valence-corrected chi connectivity index (χ4v) is 7.26. The van der Waals surface area contributed by atoms with E-state index in [-0.39, 0.29) is 25.3 Å². The van der Waals surface area contributed by atoms with Crippen LogP contribution in [0.2, 0.25) is 0 Å². The summed E-state index contributed by atoms with van der Waals surface area (Å²) in [6.45, 7) is 6.98. The lowest BCUT2D eigenvalue weighted by Gasteiger charge is -2.23. The van der Waals surface area contributed by atoms with E-state index in [4.69, 9.17) is 0 Å². The van der Waals surface area contributed by atoms with Gasteiger partial charge in [-0.15, -0.1) is 22.7 Å². The van der Waals surface area contributed by atoms with Crippen molar-refractivity contribution in [2.45, 2.75) is 52.9 Å². The molecule has 6 rings (SSSR count). The number of rotatable bonds is 8. The number of alkyl halides is 1. The summed E-state index contributed by atoms with van der Waals surface area (Å²) in [4.78, 5) is 50.8. The Morgan fingerprint density at radius 1 is 1.18 bits per heavy atom. The third kappa shape index (κ3) is 5.39. The molecule has 5 aromatic rings. The van der Waals surface area contributed by atoms with Crippen LogP contribution in [0.1, 0.15) is 48.8 Å². The number of aryl methyl sites for hydroxylation is 1. The number of anilines is 1. The first-order chi connectivity index (χ1) is 21.2. The monoisotopic (exact) mass is 630 g/mol. The van der Waals surface area contributed by atoms with Gasteiger partial charge in [-0.2, -0.15) is 0 Å². The van der Waals surface area contributed by atoms with Crippen molar-refractivity contribution in [1.82, 2.24) is 23.8 Å². The summed E-state index contributed by atoms with van der Waals surface area (Å²) in [5.41, 5.74) is 5.53. The zero-order valence-corrected chi connectivity index (χ0v) is 26.3. The van der Waals surface area contributed by atoms with Crippen molar-refractivity contribution in [3.05, 3.63) is 76.4 Å². The van der Waals surface area contributed by atoms with E-state index in [0.717, 1.165) is 32.9 Å². The number of likely N-dealkylation sites (tertiary alicyclic amines) is 1. The molecular weight excluding hydrogens is 600 g/mol. The maximum Gasteiger partial charge on any atom is 0.249 e. The number of allylic oxidation sites excluding steroid dienone is 4. The van der Waals surface area contributed by atoms with E-state index in [2.05, 4.69) is 15.3 Å². The molecule has 2 atom stereocenters. The molecule has 1 aliphatic rings. The van der Waals surface area contributed by atoms with Gasteiger partial charge in [-0.25, -0.2) is 14.4 Å². The number of carbonyl (C=O) groups is 3. The van der Waals surface area contributed by atoms with E-state index in [1.165, 1.54) is 34.5 Å². The molecule has 4 aromatic heterocycles. The third-order valence-corrected chi connectivity index (χ3v) is 9.36. The lowest BCUT2D eigenvalue weighted by molar-refractivity contribution is -0.137. The summed E-state index contributed by atoms with van der Waals surface area (Å²) in [6, 6.07) is 4.80. The molecule has 0 unspecified atom stereocenters. The van der Waals surface area contributed by atoms with Crippen molar-refractivity contribution in [3.63, 3.8) is 0 Å². The first kappa shape index (κ1) is 29.6. The van der Waals surface area contributed by atoms with Crippen molar-refractivity contribution >= 4 is 66.8 Å². The second-order valence-corrected chi connectivity index (χ2v) is 12.5. The molecule has 2 amide bonds. The number of Topliss-reactive ketones (excluding diaryl/α,β-unsaturated/α-hetero) is 1. The Morgan fingerprint density at radius 2 is 2.00 bits per heavy atom. The largest absolute Gasteiger partial charge is 0.337 e. The highest BCUT2D eigenvalue weighted by atomic mass is 32.1. The summed E-state index contributed by atoms with van der Waals surface area (Å²) < 4.78 is 18.4. The van der Waals surface area contributed by atoms with Gasteiger partial charge < -0.3 is 14.8 Å². The smallest absolute Gasteiger partial charge is 0.249 e. The second kappa shape index (κ2) is 11.9. The third-order valence-electron chi connectivity index (χ3n) is 7.84. The molecule has 1 aromatic carbocycles. The quantitative estimate of drug-likeness (QED) is 0.155. The van der Waals surface area contributed by atoms with Crippen molar-refractivity contribution in [2.24, 2.45) is 0 Å². The summed E-state index contributed by atoms with van der Waals surface area (Å²) in [6.07, 6.45) is 8.10. The van der Waals surface area contributed by atoms with Gasteiger partial charge in [0.05, 0.1) is 17.9 Å². The molecular formula is C32H31FN6O3S2. The molecule has 5 heterocycles. The van der Waals surface area contributed by atoms with Crippen LogP contribution in [-0.4, -0.2) is 60.2 Å². The molecule has 1 N–H and O–H groups in total. The van der Waals surface area contributed by atoms with Crippen LogP contribution in [-0.2, 0) is 16.1 Å². The van der Waals surface area contributed by atoms with Crippen molar-refractivity contribution < 1.29 is 18.8 Å². The van der Waals surface area contributed by atoms with Crippen molar-refractivity contribution in [1.29, 1.82) is 0 Å². The van der Waals surface area contributed by atoms with Gasteiger partial charge in [-0.05, 0) is 51.0 Å². The number of hydrogen-bond donors (Lipinski definition) is 1. The minimum atomic E-state index is -1.33. The number of amides is 2. The summed E-state index contributed by atoms with van der Waals surface area (Å²) in [7, 11) is 0. The Morgan fingerprint density at radius 3 is 2.75 bits per heavy atom.